The van der Waals surface area contributed by atoms with Crippen molar-refractivity contribution < 1.29 is 4.92 Å². The molecule has 0 aliphatic carbocycles. The minimum atomic E-state index is -0.408. The number of hydrogen-bond acceptors (Lipinski definition) is 5. The largest absolute Gasteiger partial charge is 0.406 e. The molecule has 1 aliphatic rings. The number of hydrogen-bond donors (Lipinski definition) is 1. The molecule has 17 heavy (non-hydrogen) atoms. The minimum Gasteiger partial charge on any atom is -0.358 e. The summed E-state index contributed by atoms with van der Waals surface area (Å²) < 4.78 is 1.79. The summed E-state index contributed by atoms with van der Waals surface area (Å²) in [4.78, 5) is 16.6. The van der Waals surface area contributed by atoms with E-state index in [4.69, 9.17) is 0 Å². The van der Waals surface area contributed by atoms with Crippen molar-refractivity contribution in [2.75, 3.05) is 24.5 Å². The van der Waals surface area contributed by atoms with Gasteiger partial charge in [-0.2, -0.15) is 0 Å². The van der Waals surface area contributed by atoms with Crippen molar-refractivity contribution in [1.82, 2.24) is 14.9 Å². The highest BCUT2D eigenvalue weighted by Gasteiger charge is 2.30. The van der Waals surface area contributed by atoms with Crippen molar-refractivity contribution in [3.63, 3.8) is 0 Å². The molecule has 0 unspecified atom stereocenters. The van der Waals surface area contributed by atoms with E-state index < -0.39 is 4.92 Å². The average molecular weight is 239 g/mol. The molecule has 1 N–H and O–H groups in total. The maximum absolute atomic E-state index is 11.0. The summed E-state index contributed by atoms with van der Waals surface area (Å²) in [6.45, 7) is 6.22. The highest BCUT2D eigenvalue weighted by atomic mass is 16.6. The quantitative estimate of drug-likeness (QED) is 0.598. The number of imidazole rings is 1. The Hall–Kier alpha value is -1.63. The topological polar surface area (TPSA) is 76.2 Å². The summed E-state index contributed by atoms with van der Waals surface area (Å²) in [5.41, 5.74) is 0. The molecule has 1 aromatic heterocycles. The maximum Gasteiger partial charge on any atom is 0.406 e. The van der Waals surface area contributed by atoms with E-state index >= 15 is 0 Å². The van der Waals surface area contributed by atoms with Crippen LogP contribution >= 0.6 is 0 Å². The zero-order valence-electron chi connectivity index (χ0n) is 10.3. The first kappa shape index (κ1) is 11.8. The molecule has 2 heterocycles. The van der Waals surface area contributed by atoms with Crippen molar-refractivity contribution in [2.24, 2.45) is 7.05 Å². The monoisotopic (exact) mass is 239 g/mol. The van der Waals surface area contributed by atoms with Gasteiger partial charge in [0.25, 0.3) is 0 Å². The third kappa shape index (κ3) is 2.10. The number of aromatic nitrogens is 2. The smallest absolute Gasteiger partial charge is 0.358 e. The molecule has 1 atom stereocenters. The lowest BCUT2D eigenvalue weighted by Gasteiger charge is -2.32. The van der Waals surface area contributed by atoms with Crippen LogP contribution in [0.5, 0.6) is 0 Å². The molecule has 94 valence electrons. The van der Waals surface area contributed by atoms with Gasteiger partial charge in [0.2, 0.25) is 11.6 Å². The minimum absolute atomic E-state index is 0.0425. The van der Waals surface area contributed by atoms with Crippen LogP contribution in [0.2, 0.25) is 0 Å². The van der Waals surface area contributed by atoms with Crippen molar-refractivity contribution in [1.29, 1.82) is 0 Å². The summed E-state index contributed by atoms with van der Waals surface area (Å²) in [7, 11) is 1.82. The van der Waals surface area contributed by atoms with Gasteiger partial charge in [0, 0.05) is 39.6 Å². The first-order valence-corrected chi connectivity index (χ1v) is 5.66. The van der Waals surface area contributed by atoms with Crippen molar-refractivity contribution >= 4 is 11.6 Å². The van der Waals surface area contributed by atoms with Gasteiger partial charge in [0.05, 0.1) is 0 Å². The van der Waals surface area contributed by atoms with Crippen LogP contribution in [0.3, 0.4) is 0 Å². The SMILES string of the molecule is Cc1nc([N+](=O)[O-])c(N2CCN[C@@H](C)C2)n1C. The van der Waals surface area contributed by atoms with Gasteiger partial charge >= 0.3 is 5.82 Å². The number of anilines is 1. The number of nitrogens with one attached hydrogen (secondary N) is 1. The van der Waals surface area contributed by atoms with Gasteiger partial charge in [-0.15, -0.1) is 0 Å². The number of aryl methyl sites for hydroxylation is 1. The maximum atomic E-state index is 11.0. The highest BCUT2D eigenvalue weighted by molar-refractivity contribution is 5.56. The van der Waals surface area contributed by atoms with Crippen LogP contribution in [-0.4, -0.2) is 40.2 Å². The molecule has 0 saturated carbocycles. The van der Waals surface area contributed by atoms with Crippen molar-refractivity contribution in [2.45, 2.75) is 19.9 Å². The molecule has 1 aliphatic heterocycles. The van der Waals surface area contributed by atoms with E-state index in [1.807, 2.05) is 11.9 Å². The van der Waals surface area contributed by atoms with Gasteiger partial charge in [-0.05, 0) is 16.8 Å². The summed E-state index contributed by atoms with van der Waals surface area (Å²) >= 11 is 0. The molecule has 0 aromatic carbocycles. The molecule has 0 amide bonds. The molecule has 0 radical (unpaired) electrons. The molecular formula is C10H17N5O2. The molecule has 2 rings (SSSR count). The first-order chi connectivity index (χ1) is 8.00. The van der Waals surface area contributed by atoms with Crippen LogP contribution in [0.25, 0.3) is 0 Å². The molecule has 1 fully saturated rings. The summed E-state index contributed by atoms with van der Waals surface area (Å²) in [6, 6.07) is 0.332. The lowest BCUT2D eigenvalue weighted by Crippen LogP contribution is -2.50. The molecule has 0 bridgehead atoms. The molecule has 1 saturated heterocycles. The fourth-order valence-electron chi connectivity index (χ4n) is 2.18. The van der Waals surface area contributed by atoms with Crippen LogP contribution in [-0.2, 0) is 7.05 Å². The standard InChI is InChI=1S/C10H17N5O2/c1-7-6-14(5-4-11-7)10-9(15(16)17)12-8(2)13(10)3/h7,11H,4-6H2,1-3H3/t7-/m0/s1. The van der Waals surface area contributed by atoms with Crippen LogP contribution < -0.4 is 10.2 Å². The third-order valence-electron chi connectivity index (χ3n) is 3.11. The van der Waals surface area contributed by atoms with Gasteiger partial charge < -0.3 is 20.3 Å². The molecule has 0 spiro atoms. The molecule has 7 heteroatoms. The van der Waals surface area contributed by atoms with Crippen molar-refractivity contribution in [3.8, 4) is 0 Å². The number of piperazine rings is 1. The Balaban J connectivity index is 2.39. The zero-order chi connectivity index (χ0) is 12.6. The Morgan fingerprint density at radius 1 is 1.59 bits per heavy atom. The summed E-state index contributed by atoms with van der Waals surface area (Å²) in [6.07, 6.45) is 0. The van der Waals surface area contributed by atoms with E-state index in [9.17, 15) is 10.1 Å². The summed E-state index contributed by atoms with van der Waals surface area (Å²) in [5.74, 6) is 1.23. The Bertz CT molecular complexity index is 442. The third-order valence-corrected chi connectivity index (χ3v) is 3.11. The number of rotatable bonds is 2. The van der Waals surface area contributed by atoms with E-state index in [1.165, 1.54) is 0 Å². The van der Waals surface area contributed by atoms with Crippen molar-refractivity contribution in [3.05, 3.63) is 15.9 Å². The van der Waals surface area contributed by atoms with E-state index in [1.54, 1.807) is 11.5 Å². The van der Waals surface area contributed by atoms with Gasteiger partial charge in [-0.3, -0.25) is 4.57 Å². The van der Waals surface area contributed by atoms with Gasteiger partial charge in [0.15, 0.2) is 0 Å². The summed E-state index contributed by atoms with van der Waals surface area (Å²) in [5, 5.41) is 14.3. The fourth-order valence-corrected chi connectivity index (χ4v) is 2.18. The normalized spacial score (nSPS) is 20.6. The van der Waals surface area contributed by atoms with E-state index in [0.29, 0.717) is 17.7 Å². The molecule has 1 aromatic rings. The predicted octanol–water partition coefficient (Wildman–Crippen LogP) is 0.435. The van der Waals surface area contributed by atoms with Crippen LogP contribution in [0, 0.1) is 17.0 Å². The second kappa shape index (κ2) is 4.33. The Labute approximate surface area is 99.6 Å². The van der Waals surface area contributed by atoms with Crippen LogP contribution in [0.4, 0.5) is 11.6 Å². The van der Waals surface area contributed by atoms with E-state index in [2.05, 4.69) is 17.2 Å². The van der Waals surface area contributed by atoms with Gasteiger partial charge in [0.1, 0.15) is 0 Å². The number of nitrogens with zero attached hydrogens (tertiary/aromatic N) is 4. The predicted molar refractivity (Wildman–Crippen MR) is 64.3 cm³/mol. The molecular weight excluding hydrogens is 222 g/mol. The number of nitro groups is 1. The van der Waals surface area contributed by atoms with E-state index in [-0.39, 0.29) is 5.82 Å². The lowest BCUT2D eigenvalue weighted by molar-refractivity contribution is -0.388. The van der Waals surface area contributed by atoms with E-state index in [0.717, 1.165) is 19.6 Å². The second-order valence-corrected chi connectivity index (χ2v) is 4.42. The second-order valence-electron chi connectivity index (χ2n) is 4.42. The van der Waals surface area contributed by atoms with Crippen LogP contribution in [0.1, 0.15) is 12.7 Å². The zero-order valence-corrected chi connectivity index (χ0v) is 10.3. The first-order valence-electron chi connectivity index (χ1n) is 5.66. The highest BCUT2D eigenvalue weighted by Crippen LogP contribution is 2.28. The Kier molecular flexibility index (Phi) is 3.01. The lowest BCUT2D eigenvalue weighted by atomic mass is 10.2. The average Bonchev–Trinajstić information content (AvgIpc) is 2.56. The Morgan fingerprint density at radius 2 is 2.29 bits per heavy atom. The fraction of sp³-hybridized carbons (Fsp3) is 0.700. The van der Waals surface area contributed by atoms with Gasteiger partial charge in [-0.25, -0.2) is 0 Å². The molecule has 7 nitrogen and oxygen atoms in total. The Morgan fingerprint density at radius 3 is 2.88 bits per heavy atom. The van der Waals surface area contributed by atoms with Crippen LogP contribution in [0.15, 0.2) is 0 Å². The van der Waals surface area contributed by atoms with Gasteiger partial charge in [-0.1, -0.05) is 0 Å².